The van der Waals surface area contributed by atoms with Gasteiger partial charge in [-0.05, 0) is 36.8 Å². The molecule has 6 nitrogen and oxygen atoms in total. The van der Waals surface area contributed by atoms with Gasteiger partial charge in [-0.15, -0.1) is 24.0 Å². The third-order valence-corrected chi connectivity index (χ3v) is 4.86. The van der Waals surface area contributed by atoms with E-state index in [1.54, 1.807) is 7.11 Å². The predicted molar refractivity (Wildman–Crippen MR) is 110 cm³/mol. The number of rotatable bonds is 6. The summed E-state index contributed by atoms with van der Waals surface area (Å²) >= 11 is 0. The second-order valence-electron chi connectivity index (χ2n) is 6.63. The summed E-state index contributed by atoms with van der Waals surface area (Å²) in [5.74, 6) is 1.97. The average Bonchev–Trinajstić information content (AvgIpc) is 2.78. The third-order valence-electron chi connectivity index (χ3n) is 4.86. The summed E-state index contributed by atoms with van der Waals surface area (Å²) in [6.07, 6.45) is 5.62. The Balaban J connectivity index is 0.00000225. The van der Waals surface area contributed by atoms with E-state index in [1.165, 1.54) is 19.3 Å². The largest absolute Gasteiger partial charge is 0.490 e. The van der Waals surface area contributed by atoms with Crippen LogP contribution in [0.4, 0.5) is 5.69 Å². The molecule has 0 aromatic heterocycles. The third kappa shape index (κ3) is 5.37. The lowest BCUT2D eigenvalue weighted by molar-refractivity contribution is 0.0780. The molecule has 0 unspecified atom stereocenters. The van der Waals surface area contributed by atoms with Gasteiger partial charge in [0.05, 0.1) is 13.2 Å². The number of benzene rings is 1. The average molecular weight is 461 g/mol. The van der Waals surface area contributed by atoms with Crippen LogP contribution in [0, 0.1) is 5.41 Å². The number of fused-ring (bicyclic) bond motifs is 1. The minimum Gasteiger partial charge on any atom is -0.490 e. The van der Waals surface area contributed by atoms with Crippen LogP contribution >= 0.6 is 24.0 Å². The Labute approximate surface area is 166 Å². The molecule has 1 fully saturated rings. The minimum atomic E-state index is 0. The van der Waals surface area contributed by atoms with E-state index < -0.39 is 0 Å². The van der Waals surface area contributed by atoms with Gasteiger partial charge in [-0.1, -0.05) is 6.42 Å². The summed E-state index contributed by atoms with van der Waals surface area (Å²) in [5.41, 5.74) is 7.19. The highest BCUT2D eigenvalue weighted by Gasteiger charge is 2.36. The number of nitrogens with one attached hydrogen (secondary N) is 1. The van der Waals surface area contributed by atoms with Gasteiger partial charge < -0.3 is 25.3 Å². The van der Waals surface area contributed by atoms with E-state index in [2.05, 4.69) is 10.3 Å². The maximum absolute atomic E-state index is 6.06. The number of nitrogens with two attached hydrogens (primary N) is 1. The van der Waals surface area contributed by atoms with Crippen LogP contribution < -0.4 is 20.5 Å². The molecule has 1 saturated carbocycles. The van der Waals surface area contributed by atoms with E-state index in [9.17, 15) is 0 Å². The van der Waals surface area contributed by atoms with Crippen molar-refractivity contribution < 1.29 is 14.2 Å². The molecule has 0 atom stereocenters. The number of nitrogens with zero attached hydrogens (tertiary/aromatic N) is 1. The Kier molecular flexibility index (Phi) is 7.61. The molecule has 3 N–H and O–H groups in total. The van der Waals surface area contributed by atoms with Gasteiger partial charge in [0.2, 0.25) is 0 Å². The molecule has 1 aliphatic carbocycles. The molecule has 0 radical (unpaired) electrons. The molecule has 1 aromatic rings. The standard InChI is InChI=1S/C18H27N3O3.HI/c1-22-11-8-18(6-2-7-18)13-20-17(19)21-14-4-5-15-16(12-14)24-10-3-9-23-15;/h4-5,12H,2-3,6-11,13H2,1H3,(H3,19,20,21);1H. The van der Waals surface area contributed by atoms with Gasteiger partial charge in [0.25, 0.3) is 0 Å². The van der Waals surface area contributed by atoms with Crippen LogP contribution in [0.5, 0.6) is 11.5 Å². The quantitative estimate of drug-likeness (QED) is 0.386. The number of anilines is 1. The number of ether oxygens (including phenoxy) is 3. The zero-order chi connectivity index (χ0) is 16.8. The Hall–Kier alpha value is -1.22. The minimum absolute atomic E-state index is 0. The Morgan fingerprint density at radius 3 is 2.68 bits per heavy atom. The van der Waals surface area contributed by atoms with Crippen LogP contribution in [0.25, 0.3) is 0 Å². The first-order chi connectivity index (χ1) is 11.7. The van der Waals surface area contributed by atoms with E-state index in [0.717, 1.165) is 43.2 Å². The monoisotopic (exact) mass is 461 g/mol. The van der Waals surface area contributed by atoms with Crippen molar-refractivity contribution in [1.29, 1.82) is 0 Å². The van der Waals surface area contributed by atoms with Gasteiger partial charge in [0.15, 0.2) is 17.5 Å². The fourth-order valence-corrected chi connectivity index (χ4v) is 3.16. The van der Waals surface area contributed by atoms with Crippen LogP contribution in [0.15, 0.2) is 23.2 Å². The van der Waals surface area contributed by atoms with Gasteiger partial charge in [-0.2, -0.15) is 0 Å². The molecule has 0 saturated heterocycles. The summed E-state index contributed by atoms with van der Waals surface area (Å²) in [7, 11) is 1.75. The van der Waals surface area contributed by atoms with Crippen molar-refractivity contribution in [3.63, 3.8) is 0 Å². The Morgan fingerprint density at radius 2 is 2.00 bits per heavy atom. The maximum Gasteiger partial charge on any atom is 0.193 e. The first-order valence-corrected chi connectivity index (χ1v) is 8.66. The molecule has 0 spiro atoms. The molecule has 140 valence electrons. The van der Waals surface area contributed by atoms with Crippen molar-refractivity contribution in [2.45, 2.75) is 32.1 Å². The van der Waals surface area contributed by atoms with Gasteiger partial charge in [0.1, 0.15) is 0 Å². The Bertz CT molecular complexity index is 591. The fourth-order valence-electron chi connectivity index (χ4n) is 3.16. The van der Waals surface area contributed by atoms with Crippen molar-refractivity contribution in [2.24, 2.45) is 16.1 Å². The molecular weight excluding hydrogens is 433 g/mol. The zero-order valence-electron chi connectivity index (χ0n) is 14.8. The second kappa shape index (κ2) is 9.47. The number of methoxy groups -OCH3 is 1. The van der Waals surface area contributed by atoms with Crippen molar-refractivity contribution in [3.8, 4) is 11.5 Å². The Morgan fingerprint density at radius 1 is 1.24 bits per heavy atom. The van der Waals surface area contributed by atoms with Gasteiger partial charge in [-0.3, -0.25) is 4.99 Å². The summed E-state index contributed by atoms with van der Waals surface area (Å²) < 4.78 is 16.5. The molecule has 0 amide bonds. The van der Waals surface area contributed by atoms with Gasteiger partial charge >= 0.3 is 0 Å². The van der Waals surface area contributed by atoms with Crippen molar-refractivity contribution >= 4 is 35.6 Å². The highest BCUT2D eigenvalue weighted by atomic mass is 127. The lowest BCUT2D eigenvalue weighted by Gasteiger charge is -2.40. The SMILES string of the molecule is COCCC1(CN=C(N)Nc2ccc3c(c2)OCCCO3)CCC1.I. The van der Waals surface area contributed by atoms with E-state index in [1.807, 2.05) is 18.2 Å². The first-order valence-electron chi connectivity index (χ1n) is 8.66. The van der Waals surface area contributed by atoms with E-state index >= 15 is 0 Å². The molecule has 1 aliphatic heterocycles. The number of hydrogen-bond donors (Lipinski definition) is 2. The molecule has 1 aromatic carbocycles. The smallest absolute Gasteiger partial charge is 0.193 e. The molecule has 2 aliphatic rings. The van der Waals surface area contributed by atoms with Crippen LogP contribution in [-0.4, -0.2) is 39.4 Å². The summed E-state index contributed by atoms with van der Waals surface area (Å²) in [6.45, 7) is 2.89. The van der Waals surface area contributed by atoms with E-state index in [-0.39, 0.29) is 29.4 Å². The van der Waals surface area contributed by atoms with Gasteiger partial charge in [-0.25, -0.2) is 0 Å². The second-order valence-corrected chi connectivity index (χ2v) is 6.63. The molecule has 7 heteroatoms. The van der Waals surface area contributed by atoms with Gasteiger partial charge in [0, 0.05) is 38.4 Å². The van der Waals surface area contributed by atoms with Crippen molar-refractivity contribution in [1.82, 2.24) is 0 Å². The number of guanidine groups is 1. The molecule has 1 heterocycles. The molecule has 3 rings (SSSR count). The zero-order valence-corrected chi connectivity index (χ0v) is 17.1. The first kappa shape index (κ1) is 20.1. The molecule has 25 heavy (non-hydrogen) atoms. The van der Waals surface area contributed by atoms with Crippen LogP contribution in [-0.2, 0) is 4.74 Å². The number of halogens is 1. The fraction of sp³-hybridized carbons (Fsp3) is 0.611. The lowest BCUT2D eigenvalue weighted by atomic mass is 9.67. The number of aliphatic imine (C=N–C) groups is 1. The van der Waals surface area contributed by atoms with Crippen LogP contribution in [0.1, 0.15) is 32.1 Å². The summed E-state index contributed by atoms with van der Waals surface area (Å²) in [6, 6.07) is 5.75. The molecular formula is C18H28IN3O3. The van der Waals surface area contributed by atoms with Crippen molar-refractivity contribution in [3.05, 3.63) is 18.2 Å². The lowest BCUT2D eigenvalue weighted by Crippen LogP contribution is -2.35. The van der Waals surface area contributed by atoms with Crippen molar-refractivity contribution in [2.75, 3.05) is 38.8 Å². The topological polar surface area (TPSA) is 78.1 Å². The highest BCUT2D eigenvalue weighted by molar-refractivity contribution is 14.0. The summed E-state index contributed by atoms with van der Waals surface area (Å²) in [4.78, 5) is 4.55. The predicted octanol–water partition coefficient (Wildman–Crippen LogP) is 3.40. The highest BCUT2D eigenvalue weighted by Crippen LogP contribution is 2.44. The van der Waals surface area contributed by atoms with Crippen LogP contribution in [0.2, 0.25) is 0 Å². The molecule has 0 bridgehead atoms. The normalized spacial score (nSPS) is 18.5. The van der Waals surface area contributed by atoms with Crippen LogP contribution in [0.3, 0.4) is 0 Å². The maximum atomic E-state index is 6.06. The van der Waals surface area contributed by atoms with E-state index in [4.69, 9.17) is 19.9 Å². The number of hydrogen-bond acceptors (Lipinski definition) is 4. The van der Waals surface area contributed by atoms with E-state index in [0.29, 0.717) is 19.2 Å². The summed E-state index contributed by atoms with van der Waals surface area (Å²) in [5, 5.41) is 3.15.